The number of rotatable bonds is 5. The van der Waals surface area contributed by atoms with Crippen molar-refractivity contribution in [3.63, 3.8) is 0 Å². The molecule has 6 nitrogen and oxygen atoms in total. The Balaban J connectivity index is 2.97. The van der Waals surface area contributed by atoms with Gasteiger partial charge in [-0.05, 0) is 12.0 Å². The molecular formula is C11H19N5O. The van der Waals surface area contributed by atoms with Crippen molar-refractivity contribution in [1.82, 2.24) is 10.2 Å². The Morgan fingerprint density at radius 2 is 2.35 bits per heavy atom. The predicted octanol–water partition coefficient (Wildman–Crippen LogP) is 1.05. The maximum Gasteiger partial charge on any atom is 0.173 e. The standard InChI is InChI=1S/C11H19N5O/c1-4-8(2)7-16(3)11-9(10(12)15-17)5-6-13-14-11/h5-6,8,17H,4,7H2,1-3H3,(H2,12,15). The average molecular weight is 237 g/mol. The van der Waals surface area contributed by atoms with Crippen LogP contribution in [0.4, 0.5) is 5.82 Å². The number of hydrogen-bond acceptors (Lipinski definition) is 5. The molecule has 1 aromatic heterocycles. The van der Waals surface area contributed by atoms with Crippen LogP contribution in [0.25, 0.3) is 0 Å². The van der Waals surface area contributed by atoms with Crippen molar-refractivity contribution in [3.05, 3.63) is 17.8 Å². The van der Waals surface area contributed by atoms with Gasteiger partial charge in [0.2, 0.25) is 0 Å². The van der Waals surface area contributed by atoms with E-state index in [1.807, 2.05) is 11.9 Å². The van der Waals surface area contributed by atoms with Crippen LogP contribution < -0.4 is 10.6 Å². The normalized spacial score (nSPS) is 13.5. The number of aromatic nitrogens is 2. The number of oxime groups is 1. The van der Waals surface area contributed by atoms with E-state index >= 15 is 0 Å². The van der Waals surface area contributed by atoms with Gasteiger partial charge in [0.05, 0.1) is 11.8 Å². The fraction of sp³-hybridized carbons (Fsp3) is 0.545. The third kappa shape index (κ3) is 3.30. The molecule has 0 amide bonds. The number of amidine groups is 1. The third-order valence-electron chi connectivity index (χ3n) is 2.73. The molecule has 1 atom stereocenters. The van der Waals surface area contributed by atoms with Gasteiger partial charge in [0.15, 0.2) is 11.7 Å². The van der Waals surface area contributed by atoms with Gasteiger partial charge in [-0.2, -0.15) is 5.10 Å². The van der Waals surface area contributed by atoms with Crippen LogP contribution in [0.2, 0.25) is 0 Å². The van der Waals surface area contributed by atoms with Crippen LogP contribution in [-0.4, -0.2) is 34.8 Å². The molecule has 6 heteroatoms. The first-order chi connectivity index (χ1) is 8.10. The average Bonchev–Trinajstić information content (AvgIpc) is 2.37. The second kappa shape index (κ2) is 6.03. The Morgan fingerprint density at radius 1 is 1.65 bits per heavy atom. The van der Waals surface area contributed by atoms with Gasteiger partial charge in [-0.1, -0.05) is 25.4 Å². The van der Waals surface area contributed by atoms with E-state index in [2.05, 4.69) is 29.2 Å². The predicted molar refractivity (Wildman–Crippen MR) is 67.3 cm³/mol. The van der Waals surface area contributed by atoms with Crippen LogP contribution in [0.15, 0.2) is 17.4 Å². The molecule has 0 saturated carbocycles. The molecule has 0 aliphatic rings. The SMILES string of the molecule is CCC(C)CN(C)c1nnccc1/C(N)=N/O. The lowest BCUT2D eigenvalue weighted by Gasteiger charge is -2.22. The lowest BCUT2D eigenvalue weighted by atomic mass is 10.1. The van der Waals surface area contributed by atoms with E-state index in [0.717, 1.165) is 13.0 Å². The summed E-state index contributed by atoms with van der Waals surface area (Å²) in [5.74, 6) is 1.22. The fourth-order valence-corrected chi connectivity index (χ4v) is 1.54. The van der Waals surface area contributed by atoms with Gasteiger partial charge in [-0.3, -0.25) is 0 Å². The molecule has 0 radical (unpaired) electrons. The second-order valence-electron chi connectivity index (χ2n) is 4.15. The molecule has 0 saturated heterocycles. The summed E-state index contributed by atoms with van der Waals surface area (Å²) in [7, 11) is 1.92. The molecule has 1 heterocycles. The van der Waals surface area contributed by atoms with Crippen molar-refractivity contribution in [2.75, 3.05) is 18.5 Å². The number of hydrogen-bond donors (Lipinski definition) is 2. The van der Waals surface area contributed by atoms with Crippen LogP contribution in [-0.2, 0) is 0 Å². The minimum absolute atomic E-state index is 0.0471. The summed E-state index contributed by atoms with van der Waals surface area (Å²) in [5, 5.41) is 19.6. The van der Waals surface area contributed by atoms with Crippen LogP contribution >= 0.6 is 0 Å². The number of nitrogens with zero attached hydrogens (tertiary/aromatic N) is 4. The number of nitrogens with two attached hydrogens (primary N) is 1. The molecule has 3 N–H and O–H groups in total. The van der Waals surface area contributed by atoms with Gasteiger partial charge in [0.25, 0.3) is 0 Å². The van der Waals surface area contributed by atoms with Gasteiger partial charge in [0, 0.05) is 13.6 Å². The Morgan fingerprint density at radius 3 is 2.94 bits per heavy atom. The van der Waals surface area contributed by atoms with Crippen LogP contribution in [0, 0.1) is 5.92 Å². The minimum atomic E-state index is 0.0471. The van der Waals surface area contributed by atoms with Crippen molar-refractivity contribution in [2.24, 2.45) is 16.8 Å². The zero-order chi connectivity index (χ0) is 12.8. The second-order valence-corrected chi connectivity index (χ2v) is 4.15. The largest absolute Gasteiger partial charge is 0.409 e. The highest BCUT2D eigenvalue weighted by Crippen LogP contribution is 2.16. The lowest BCUT2D eigenvalue weighted by molar-refractivity contribution is 0.318. The molecule has 0 aromatic carbocycles. The van der Waals surface area contributed by atoms with E-state index < -0.39 is 0 Å². The molecule has 1 aromatic rings. The van der Waals surface area contributed by atoms with Gasteiger partial charge in [-0.25, -0.2) is 0 Å². The zero-order valence-electron chi connectivity index (χ0n) is 10.5. The summed E-state index contributed by atoms with van der Waals surface area (Å²) in [6.45, 7) is 5.15. The van der Waals surface area contributed by atoms with Gasteiger partial charge in [-0.15, -0.1) is 5.10 Å². The highest BCUT2D eigenvalue weighted by atomic mass is 16.4. The Labute approximate surface area is 101 Å². The van der Waals surface area contributed by atoms with E-state index in [9.17, 15) is 0 Å². The van der Waals surface area contributed by atoms with Crippen molar-refractivity contribution < 1.29 is 5.21 Å². The summed E-state index contributed by atoms with van der Waals surface area (Å²) in [4.78, 5) is 1.97. The third-order valence-corrected chi connectivity index (χ3v) is 2.73. The van der Waals surface area contributed by atoms with Crippen molar-refractivity contribution >= 4 is 11.7 Å². The van der Waals surface area contributed by atoms with Gasteiger partial charge in [0.1, 0.15) is 0 Å². The summed E-state index contributed by atoms with van der Waals surface area (Å²) < 4.78 is 0. The first kappa shape index (κ1) is 13.2. The molecule has 0 spiro atoms. The van der Waals surface area contributed by atoms with E-state index in [-0.39, 0.29) is 5.84 Å². The summed E-state index contributed by atoms with van der Waals surface area (Å²) in [5.41, 5.74) is 6.19. The molecule has 94 valence electrons. The van der Waals surface area contributed by atoms with E-state index in [0.29, 0.717) is 17.3 Å². The summed E-state index contributed by atoms with van der Waals surface area (Å²) in [6, 6.07) is 1.69. The van der Waals surface area contributed by atoms with Crippen LogP contribution in [0.3, 0.4) is 0 Å². The van der Waals surface area contributed by atoms with E-state index in [1.165, 1.54) is 6.20 Å². The molecule has 0 bridgehead atoms. The highest BCUT2D eigenvalue weighted by Gasteiger charge is 2.14. The lowest BCUT2D eigenvalue weighted by Crippen LogP contribution is -2.28. The summed E-state index contributed by atoms with van der Waals surface area (Å²) >= 11 is 0. The molecular weight excluding hydrogens is 218 g/mol. The summed E-state index contributed by atoms with van der Waals surface area (Å²) in [6.07, 6.45) is 2.61. The zero-order valence-corrected chi connectivity index (χ0v) is 10.5. The van der Waals surface area contributed by atoms with Crippen molar-refractivity contribution in [1.29, 1.82) is 0 Å². The van der Waals surface area contributed by atoms with E-state index in [4.69, 9.17) is 10.9 Å². The molecule has 17 heavy (non-hydrogen) atoms. The van der Waals surface area contributed by atoms with Crippen molar-refractivity contribution in [3.8, 4) is 0 Å². The van der Waals surface area contributed by atoms with Gasteiger partial charge >= 0.3 is 0 Å². The quantitative estimate of drug-likeness (QED) is 0.346. The Bertz CT molecular complexity index is 393. The first-order valence-electron chi connectivity index (χ1n) is 5.60. The van der Waals surface area contributed by atoms with Crippen LogP contribution in [0.1, 0.15) is 25.8 Å². The smallest absolute Gasteiger partial charge is 0.173 e. The number of anilines is 1. The topological polar surface area (TPSA) is 87.6 Å². The van der Waals surface area contributed by atoms with Crippen molar-refractivity contribution in [2.45, 2.75) is 20.3 Å². The maximum absolute atomic E-state index is 8.72. The molecule has 1 unspecified atom stereocenters. The Hall–Kier alpha value is -1.85. The first-order valence-corrected chi connectivity index (χ1v) is 5.60. The Kier molecular flexibility index (Phi) is 4.68. The molecule has 0 aliphatic heterocycles. The monoisotopic (exact) mass is 237 g/mol. The minimum Gasteiger partial charge on any atom is -0.409 e. The van der Waals surface area contributed by atoms with E-state index in [1.54, 1.807) is 6.07 Å². The molecule has 0 aliphatic carbocycles. The molecule has 1 rings (SSSR count). The van der Waals surface area contributed by atoms with Gasteiger partial charge < -0.3 is 15.8 Å². The highest BCUT2D eigenvalue weighted by molar-refractivity contribution is 6.01. The fourth-order valence-electron chi connectivity index (χ4n) is 1.54. The maximum atomic E-state index is 8.72. The van der Waals surface area contributed by atoms with Crippen LogP contribution in [0.5, 0.6) is 0 Å². The molecule has 0 fully saturated rings.